The molecule has 0 bridgehead atoms. The number of nitrogens with one attached hydrogen (secondary N) is 1. The monoisotopic (exact) mass is 639 g/mol. The van der Waals surface area contributed by atoms with Crippen molar-refractivity contribution in [1.82, 2.24) is 10.2 Å². The van der Waals surface area contributed by atoms with E-state index >= 15 is 0 Å². The van der Waals surface area contributed by atoms with Gasteiger partial charge >= 0.3 is 0 Å². The third-order valence-corrected chi connectivity index (χ3v) is 10.0. The maximum Gasteiger partial charge on any atom is 0.244 e. The zero-order valence-corrected chi connectivity index (χ0v) is 26.4. The second kappa shape index (κ2) is 14.3. The maximum absolute atomic E-state index is 14.4. The van der Waals surface area contributed by atoms with Gasteiger partial charge in [-0.3, -0.25) is 13.9 Å². The Morgan fingerprint density at radius 3 is 2.30 bits per heavy atom. The van der Waals surface area contributed by atoms with E-state index in [2.05, 4.69) is 5.32 Å². The van der Waals surface area contributed by atoms with E-state index in [1.54, 1.807) is 42.5 Å². The normalized spacial score (nSPS) is 15.4. The average molecular weight is 640 g/mol. The summed E-state index contributed by atoms with van der Waals surface area (Å²) in [5.74, 6) is -0.0623. The standard InChI is InChI=1S/C33H38ClN3O6S/c1-2-44(40,41)37(28-16-17-30-31(21-28)43-19-18-42-30)23-32(38)36(22-25-12-14-26(34)15-13-25)29(20-24-8-4-3-5-9-24)33(39)35-27-10-6-7-11-27/h3-5,8-9,12-17,21,27,29H,2,6-7,10-11,18-20,22-23H2,1H3,(H,35,39). The second-order valence-electron chi connectivity index (χ2n) is 11.1. The first kappa shape index (κ1) is 31.7. The highest BCUT2D eigenvalue weighted by Gasteiger charge is 2.35. The van der Waals surface area contributed by atoms with Crippen LogP contribution < -0.4 is 19.1 Å². The number of nitrogens with zero attached hydrogens (tertiary/aromatic N) is 2. The Morgan fingerprint density at radius 1 is 0.932 bits per heavy atom. The van der Waals surface area contributed by atoms with Gasteiger partial charge in [0, 0.05) is 30.1 Å². The molecule has 5 rings (SSSR count). The summed E-state index contributed by atoms with van der Waals surface area (Å²) in [6.07, 6.45) is 4.13. The Morgan fingerprint density at radius 2 is 1.61 bits per heavy atom. The molecule has 9 nitrogen and oxygen atoms in total. The van der Waals surface area contributed by atoms with Crippen LogP contribution in [-0.4, -0.2) is 62.7 Å². The average Bonchev–Trinajstić information content (AvgIpc) is 3.55. The number of benzene rings is 3. The fraction of sp³-hybridized carbons (Fsp3) is 0.394. The summed E-state index contributed by atoms with van der Waals surface area (Å²) < 4.78 is 39.3. The second-order valence-corrected chi connectivity index (χ2v) is 13.7. The van der Waals surface area contributed by atoms with E-state index in [-0.39, 0.29) is 36.4 Å². The third kappa shape index (κ3) is 7.84. The smallest absolute Gasteiger partial charge is 0.244 e. The Balaban J connectivity index is 1.51. The van der Waals surface area contributed by atoms with Crippen LogP contribution in [0.5, 0.6) is 11.5 Å². The Kier molecular flexibility index (Phi) is 10.3. The van der Waals surface area contributed by atoms with Crippen LogP contribution in [0.2, 0.25) is 5.02 Å². The lowest BCUT2D eigenvalue weighted by Gasteiger charge is -2.34. The van der Waals surface area contributed by atoms with Gasteiger partial charge in [-0.25, -0.2) is 8.42 Å². The van der Waals surface area contributed by atoms with E-state index in [4.69, 9.17) is 21.1 Å². The number of hydrogen-bond donors (Lipinski definition) is 1. The summed E-state index contributed by atoms with van der Waals surface area (Å²) in [6, 6.07) is 20.6. The Hall–Kier alpha value is -3.76. The summed E-state index contributed by atoms with van der Waals surface area (Å²) in [5.41, 5.74) is 1.93. The van der Waals surface area contributed by atoms with Crippen molar-refractivity contribution >= 4 is 39.1 Å². The fourth-order valence-corrected chi connectivity index (χ4v) is 6.79. The molecule has 1 aliphatic carbocycles. The van der Waals surface area contributed by atoms with Gasteiger partial charge < -0.3 is 19.7 Å². The molecule has 3 aromatic rings. The topological polar surface area (TPSA) is 105 Å². The third-order valence-electron chi connectivity index (χ3n) is 8.03. The number of amides is 2. The van der Waals surface area contributed by atoms with Gasteiger partial charge in [0.25, 0.3) is 0 Å². The first-order valence-electron chi connectivity index (χ1n) is 15.0. The number of carbonyl (C=O) groups is 2. The summed E-state index contributed by atoms with van der Waals surface area (Å²) in [6.45, 7) is 1.86. The van der Waals surface area contributed by atoms with Crippen LogP contribution in [0.25, 0.3) is 0 Å². The molecular formula is C33H38ClN3O6S. The summed E-state index contributed by atoms with van der Waals surface area (Å²) in [5, 5.41) is 3.72. The van der Waals surface area contributed by atoms with Gasteiger partial charge in [-0.05, 0) is 55.2 Å². The minimum Gasteiger partial charge on any atom is -0.486 e. The van der Waals surface area contributed by atoms with E-state index in [0.29, 0.717) is 29.7 Å². The van der Waals surface area contributed by atoms with Crippen LogP contribution in [0, 0.1) is 0 Å². The highest BCUT2D eigenvalue weighted by molar-refractivity contribution is 7.92. The van der Waals surface area contributed by atoms with Gasteiger partial charge in [0.1, 0.15) is 25.8 Å². The minimum atomic E-state index is -3.90. The highest BCUT2D eigenvalue weighted by atomic mass is 35.5. The van der Waals surface area contributed by atoms with Crippen LogP contribution in [0.4, 0.5) is 5.69 Å². The first-order valence-corrected chi connectivity index (χ1v) is 17.0. The fourth-order valence-electron chi connectivity index (χ4n) is 5.61. The van der Waals surface area contributed by atoms with Crippen LogP contribution in [0.15, 0.2) is 72.8 Å². The number of sulfonamides is 1. The van der Waals surface area contributed by atoms with Gasteiger partial charge in [-0.1, -0.05) is 66.9 Å². The van der Waals surface area contributed by atoms with Gasteiger partial charge in [0.15, 0.2) is 11.5 Å². The molecule has 0 radical (unpaired) electrons. The minimum absolute atomic E-state index is 0.0444. The molecule has 1 fully saturated rings. The number of fused-ring (bicyclic) bond motifs is 1. The molecule has 0 saturated heterocycles. The van der Waals surface area contributed by atoms with Crippen molar-refractivity contribution in [3.8, 4) is 11.5 Å². The van der Waals surface area contributed by atoms with Gasteiger partial charge in [-0.2, -0.15) is 0 Å². The Bertz CT molecular complexity index is 1550. The molecular weight excluding hydrogens is 602 g/mol. The number of carbonyl (C=O) groups excluding carboxylic acids is 2. The molecule has 1 atom stereocenters. The summed E-state index contributed by atoms with van der Waals surface area (Å²) in [7, 11) is -3.90. The van der Waals surface area contributed by atoms with Crippen molar-refractivity contribution in [2.24, 2.45) is 0 Å². The van der Waals surface area contributed by atoms with Crippen molar-refractivity contribution in [2.45, 2.75) is 57.7 Å². The van der Waals surface area contributed by atoms with E-state index in [1.807, 2.05) is 30.3 Å². The van der Waals surface area contributed by atoms with E-state index in [1.165, 1.54) is 11.8 Å². The number of halogens is 1. The van der Waals surface area contributed by atoms with Crippen LogP contribution in [-0.2, 0) is 32.6 Å². The van der Waals surface area contributed by atoms with Crippen molar-refractivity contribution in [3.05, 3.63) is 88.9 Å². The zero-order chi connectivity index (χ0) is 31.1. The lowest BCUT2D eigenvalue weighted by Crippen LogP contribution is -2.54. The van der Waals surface area contributed by atoms with E-state index < -0.39 is 28.5 Å². The predicted octanol–water partition coefficient (Wildman–Crippen LogP) is 4.97. The van der Waals surface area contributed by atoms with Gasteiger partial charge in [0.05, 0.1) is 11.4 Å². The van der Waals surface area contributed by atoms with Gasteiger partial charge in [-0.15, -0.1) is 0 Å². The van der Waals surface area contributed by atoms with Gasteiger partial charge in [0.2, 0.25) is 21.8 Å². The maximum atomic E-state index is 14.4. The molecule has 1 N–H and O–H groups in total. The molecule has 0 aromatic heterocycles. The molecule has 234 valence electrons. The lowest BCUT2D eigenvalue weighted by molar-refractivity contribution is -0.140. The van der Waals surface area contributed by atoms with Crippen LogP contribution in [0.3, 0.4) is 0 Å². The molecule has 3 aromatic carbocycles. The summed E-state index contributed by atoms with van der Waals surface area (Å²) >= 11 is 6.14. The molecule has 2 amide bonds. The SMILES string of the molecule is CCS(=O)(=O)N(CC(=O)N(Cc1ccc(Cl)cc1)C(Cc1ccccc1)C(=O)NC1CCCC1)c1ccc2c(c1)OCCO2. The number of hydrogen-bond acceptors (Lipinski definition) is 6. The zero-order valence-electron chi connectivity index (χ0n) is 24.8. The molecule has 0 spiro atoms. The molecule has 1 heterocycles. The van der Waals surface area contributed by atoms with Crippen molar-refractivity contribution < 1.29 is 27.5 Å². The first-order chi connectivity index (χ1) is 21.2. The molecule has 1 unspecified atom stereocenters. The van der Waals surface area contributed by atoms with Crippen molar-refractivity contribution in [2.75, 3.05) is 29.8 Å². The lowest BCUT2D eigenvalue weighted by atomic mass is 10.0. The van der Waals surface area contributed by atoms with Crippen molar-refractivity contribution in [3.63, 3.8) is 0 Å². The number of anilines is 1. The predicted molar refractivity (Wildman–Crippen MR) is 171 cm³/mol. The number of ether oxygens (including phenoxy) is 2. The molecule has 11 heteroatoms. The molecule has 1 saturated carbocycles. The molecule has 1 aliphatic heterocycles. The van der Waals surface area contributed by atoms with Crippen LogP contribution in [0.1, 0.15) is 43.7 Å². The highest BCUT2D eigenvalue weighted by Crippen LogP contribution is 2.35. The molecule has 2 aliphatic rings. The number of rotatable bonds is 12. The Labute approximate surface area is 264 Å². The largest absolute Gasteiger partial charge is 0.486 e. The van der Waals surface area contributed by atoms with Crippen molar-refractivity contribution in [1.29, 1.82) is 0 Å². The van der Waals surface area contributed by atoms with E-state index in [9.17, 15) is 18.0 Å². The summed E-state index contributed by atoms with van der Waals surface area (Å²) in [4.78, 5) is 29.9. The molecule has 44 heavy (non-hydrogen) atoms. The van der Waals surface area contributed by atoms with Crippen LogP contribution >= 0.6 is 11.6 Å². The van der Waals surface area contributed by atoms with E-state index in [0.717, 1.165) is 41.1 Å². The quantitative estimate of drug-likeness (QED) is 0.300.